The van der Waals surface area contributed by atoms with Crippen molar-refractivity contribution in [2.75, 3.05) is 17.2 Å². The molecule has 7 heteroatoms. The number of H-pyrrole nitrogens is 1. The molecule has 7 nitrogen and oxygen atoms in total. The molecule has 3 aromatic rings. The van der Waals surface area contributed by atoms with E-state index in [2.05, 4.69) is 31.8 Å². The second-order valence-corrected chi connectivity index (χ2v) is 4.65. The maximum Gasteiger partial charge on any atom is 0.143 e. The number of hydrogen-bond acceptors (Lipinski definition) is 5. The number of nitrogens with one attached hydrogen (secondary N) is 3. The van der Waals surface area contributed by atoms with Gasteiger partial charge in [-0.1, -0.05) is 0 Å². The Hall–Kier alpha value is -3.01. The van der Waals surface area contributed by atoms with Crippen LogP contribution >= 0.6 is 0 Å². The first-order chi connectivity index (χ1) is 10.2. The van der Waals surface area contributed by atoms with Crippen molar-refractivity contribution in [3.8, 4) is 6.07 Å². The zero-order chi connectivity index (χ0) is 14.8. The highest BCUT2D eigenvalue weighted by Crippen LogP contribution is 2.29. The fourth-order valence-corrected chi connectivity index (χ4v) is 2.25. The van der Waals surface area contributed by atoms with Gasteiger partial charge in [-0.2, -0.15) is 10.4 Å². The molecule has 0 amide bonds. The lowest BCUT2D eigenvalue weighted by Crippen LogP contribution is -2.01. The van der Waals surface area contributed by atoms with Crippen molar-refractivity contribution in [2.45, 2.75) is 6.92 Å². The van der Waals surface area contributed by atoms with Crippen LogP contribution in [0.15, 0.2) is 24.7 Å². The highest BCUT2D eigenvalue weighted by molar-refractivity contribution is 5.96. The van der Waals surface area contributed by atoms with E-state index in [1.54, 1.807) is 17.1 Å². The minimum absolute atomic E-state index is 0.585. The Morgan fingerprint density at radius 3 is 3.00 bits per heavy atom. The maximum absolute atomic E-state index is 9.17. The minimum Gasteiger partial charge on any atom is -0.385 e. The van der Waals surface area contributed by atoms with Crippen molar-refractivity contribution >= 4 is 28.2 Å². The number of nitrogens with zero attached hydrogens (tertiary/aromatic N) is 4. The van der Waals surface area contributed by atoms with Crippen molar-refractivity contribution in [1.82, 2.24) is 19.7 Å². The predicted octanol–water partition coefficient (Wildman–Crippen LogP) is 2.34. The van der Waals surface area contributed by atoms with E-state index in [0.717, 1.165) is 23.3 Å². The molecule has 0 aliphatic carbocycles. The minimum atomic E-state index is 0.585. The zero-order valence-electron chi connectivity index (χ0n) is 11.8. The van der Waals surface area contributed by atoms with Crippen molar-refractivity contribution in [3.63, 3.8) is 0 Å². The smallest absolute Gasteiger partial charge is 0.143 e. The summed E-state index contributed by atoms with van der Waals surface area (Å²) in [7, 11) is 1.86. The van der Waals surface area contributed by atoms with Crippen LogP contribution in [-0.4, -0.2) is 26.3 Å². The number of anilines is 3. The summed E-state index contributed by atoms with van der Waals surface area (Å²) in [6.07, 6.45) is 5.27. The summed E-state index contributed by atoms with van der Waals surface area (Å²) in [5, 5.41) is 20.6. The first-order valence-electron chi connectivity index (χ1n) is 6.63. The average molecular weight is 281 g/mol. The second kappa shape index (κ2) is 5.17. The summed E-state index contributed by atoms with van der Waals surface area (Å²) in [6, 6.07) is 4.07. The third-order valence-electron chi connectivity index (χ3n) is 3.11. The summed E-state index contributed by atoms with van der Waals surface area (Å²) in [6.45, 7) is 2.78. The number of fused-ring (bicyclic) bond motifs is 1. The number of rotatable bonds is 4. The molecule has 3 rings (SSSR count). The molecule has 0 saturated carbocycles. The molecule has 0 aromatic carbocycles. The van der Waals surface area contributed by atoms with Crippen molar-refractivity contribution in [2.24, 2.45) is 7.05 Å². The molecule has 0 unspecified atom stereocenters. The molecule has 106 valence electrons. The van der Waals surface area contributed by atoms with Gasteiger partial charge in [0.2, 0.25) is 0 Å². The Balaban J connectivity index is 2.06. The number of hydrogen-bond donors (Lipinski definition) is 3. The van der Waals surface area contributed by atoms with Gasteiger partial charge >= 0.3 is 0 Å². The van der Waals surface area contributed by atoms with Crippen molar-refractivity contribution in [3.05, 3.63) is 30.2 Å². The highest BCUT2D eigenvalue weighted by Gasteiger charge is 2.12. The van der Waals surface area contributed by atoms with Crippen molar-refractivity contribution < 1.29 is 0 Å². The van der Waals surface area contributed by atoms with Gasteiger partial charge in [0.25, 0.3) is 0 Å². The van der Waals surface area contributed by atoms with E-state index < -0.39 is 0 Å². The third kappa shape index (κ3) is 2.39. The predicted molar refractivity (Wildman–Crippen MR) is 81.5 cm³/mol. The van der Waals surface area contributed by atoms with Gasteiger partial charge in [0.15, 0.2) is 0 Å². The van der Waals surface area contributed by atoms with Crippen LogP contribution in [0.5, 0.6) is 0 Å². The Kier molecular flexibility index (Phi) is 3.20. The molecule has 0 bridgehead atoms. The molecular weight excluding hydrogens is 266 g/mol. The van der Waals surface area contributed by atoms with Gasteiger partial charge in [-0.05, 0) is 6.92 Å². The molecular formula is C14H15N7. The lowest BCUT2D eigenvalue weighted by Gasteiger charge is -2.09. The van der Waals surface area contributed by atoms with E-state index in [1.165, 1.54) is 0 Å². The number of nitriles is 1. The van der Waals surface area contributed by atoms with E-state index in [1.807, 2.05) is 26.2 Å². The first kappa shape index (κ1) is 13.0. The standard InChI is InChI=1S/C14H15N7/c1-3-16-11-4-12(19-10-7-18-21(2)8-10)20-14-13(11)9(5-15)6-17-14/h4,6-8H,3H2,1-2H3,(H3,16,17,19,20). The van der Waals surface area contributed by atoms with Gasteiger partial charge in [0.05, 0.1) is 28.5 Å². The molecule has 0 fully saturated rings. The van der Waals surface area contributed by atoms with Gasteiger partial charge in [-0.3, -0.25) is 4.68 Å². The van der Waals surface area contributed by atoms with E-state index in [9.17, 15) is 5.26 Å². The van der Waals surface area contributed by atoms with E-state index in [-0.39, 0.29) is 0 Å². The molecule has 3 N–H and O–H groups in total. The molecule has 0 atom stereocenters. The molecule has 0 aliphatic heterocycles. The van der Waals surface area contributed by atoms with E-state index in [0.29, 0.717) is 17.0 Å². The number of aryl methyl sites for hydroxylation is 1. The van der Waals surface area contributed by atoms with E-state index >= 15 is 0 Å². The lowest BCUT2D eigenvalue weighted by molar-refractivity contribution is 0.768. The average Bonchev–Trinajstić information content (AvgIpc) is 3.05. The Morgan fingerprint density at radius 1 is 1.48 bits per heavy atom. The van der Waals surface area contributed by atoms with Crippen molar-refractivity contribution in [1.29, 1.82) is 5.26 Å². The van der Waals surface area contributed by atoms with Gasteiger partial charge < -0.3 is 15.6 Å². The van der Waals surface area contributed by atoms with Crippen LogP contribution in [0.3, 0.4) is 0 Å². The normalized spacial score (nSPS) is 10.5. The van der Waals surface area contributed by atoms with Gasteiger partial charge in [-0.15, -0.1) is 0 Å². The van der Waals surface area contributed by atoms with Crippen LogP contribution in [0, 0.1) is 11.3 Å². The Labute approximate surface area is 121 Å². The Morgan fingerprint density at radius 2 is 2.33 bits per heavy atom. The van der Waals surface area contributed by atoms with Crippen LogP contribution < -0.4 is 10.6 Å². The quantitative estimate of drug-likeness (QED) is 0.682. The molecule has 3 heterocycles. The molecule has 21 heavy (non-hydrogen) atoms. The van der Waals surface area contributed by atoms with Crippen LogP contribution in [0.4, 0.5) is 17.2 Å². The van der Waals surface area contributed by atoms with Crippen LogP contribution in [0.25, 0.3) is 11.0 Å². The summed E-state index contributed by atoms with van der Waals surface area (Å²) in [4.78, 5) is 7.53. The zero-order valence-corrected chi connectivity index (χ0v) is 11.8. The molecule has 0 saturated heterocycles. The summed E-state index contributed by atoms with van der Waals surface area (Å²) < 4.78 is 1.72. The third-order valence-corrected chi connectivity index (χ3v) is 3.11. The first-order valence-corrected chi connectivity index (χ1v) is 6.63. The van der Waals surface area contributed by atoms with Crippen LogP contribution in [0.1, 0.15) is 12.5 Å². The highest BCUT2D eigenvalue weighted by atomic mass is 15.3. The Bertz CT molecular complexity index is 822. The largest absolute Gasteiger partial charge is 0.385 e. The van der Waals surface area contributed by atoms with Crippen LogP contribution in [0.2, 0.25) is 0 Å². The van der Waals surface area contributed by atoms with Gasteiger partial charge in [-0.25, -0.2) is 4.98 Å². The monoisotopic (exact) mass is 281 g/mol. The lowest BCUT2D eigenvalue weighted by atomic mass is 10.2. The van der Waals surface area contributed by atoms with Crippen LogP contribution in [-0.2, 0) is 7.05 Å². The number of aromatic amines is 1. The number of pyridine rings is 1. The summed E-state index contributed by atoms with van der Waals surface area (Å²) in [5.74, 6) is 0.692. The topological polar surface area (TPSA) is 94.3 Å². The molecule has 0 radical (unpaired) electrons. The fraction of sp³-hybridized carbons (Fsp3) is 0.214. The fourth-order valence-electron chi connectivity index (χ4n) is 2.25. The van der Waals surface area contributed by atoms with E-state index in [4.69, 9.17) is 0 Å². The second-order valence-electron chi connectivity index (χ2n) is 4.65. The summed E-state index contributed by atoms with van der Waals surface area (Å²) >= 11 is 0. The molecule has 0 spiro atoms. The molecule has 0 aliphatic rings. The maximum atomic E-state index is 9.17. The van der Waals surface area contributed by atoms with Gasteiger partial charge in [0, 0.05) is 32.1 Å². The number of aromatic nitrogens is 4. The molecule has 3 aromatic heterocycles. The SMILES string of the molecule is CCNc1cc(Nc2cnn(C)c2)nc2[nH]cc(C#N)c12. The van der Waals surface area contributed by atoms with Gasteiger partial charge in [0.1, 0.15) is 17.5 Å². The summed E-state index contributed by atoms with van der Waals surface area (Å²) in [5.41, 5.74) is 3.00.